The van der Waals surface area contributed by atoms with Crippen LogP contribution in [0.1, 0.15) is 19.3 Å². The highest BCUT2D eigenvalue weighted by Gasteiger charge is 2.37. The minimum Gasteiger partial charge on any atom is -0.426 e. The van der Waals surface area contributed by atoms with Crippen LogP contribution in [-0.4, -0.2) is 30.2 Å². The monoisotopic (exact) mass is 446 g/mol. The number of amides is 3. The predicted octanol–water partition coefficient (Wildman–Crippen LogP) is 3.61. The van der Waals surface area contributed by atoms with Crippen molar-refractivity contribution in [1.29, 1.82) is 0 Å². The largest absolute Gasteiger partial charge is 0.426 e. The molecule has 30 heavy (non-hydrogen) atoms. The van der Waals surface area contributed by atoms with Gasteiger partial charge in [0.05, 0.1) is 22.3 Å². The van der Waals surface area contributed by atoms with Gasteiger partial charge in [-0.05, 0) is 30.3 Å². The maximum Gasteiger partial charge on any atom is 0.316 e. The van der Waals surface area contributed by atoms with Crippen molar-refractivity contribution in [3.8, 4) is 5.75 Å². The zero-order valence-electron chi connectivity index (χ0n) is 15.6. The van der Waals surface area contributed by atoms with Gasteiger partial charge in [-0.2, -0.15) is 0 Å². The van der Waals surface area contributed by atoms with Crippen molar-refractivity contribution in [3.05, 3.63) is 52.5 Å². The predicted molar refractivity (Wildman–Crippen MR) is 111 cm³/mol. The molecule has 0 spiro atoms. The zero-order chi connectivity index (χ0) is 21.4. The third-order valence-electron chi connectivity index (χ3n) is 5.00. The molecule has 0 aromatic heterocycles. The van der Waals surface area contributed by atoms with E-state index in [1.54, 1.807) is 36.4 Å². The number of imide groups is 1. The lowest BCUT2D eigenvalue weighted by Gasteiger charge is -2.18. The average molecular weight is 447 g/mol. The van der Waals surface area contributed by atoms with Gasteiger partial charge in [0.1, 0.15) is 5.75 Å². The number of ether oxygens (including phenoxy) is 1. The minimum absolute atomic E-state index is 0.0234. The molecule has 154 valence electrons. The van der Waals surface area contributed by atoms with Gasteiger partial charge in [-0.3, -0.25) is 24.1 Å². The Morgan fingerprint density at radius 3 is 2.43 bits per heavy atom. The number of rotatable bonds is 4. The fraction of sp³-hybridized carbons (Fsp3) is 0.238. The maximum atomic E-state index is 12.6. The number of esters is 1. The first kappa shape index (κ1) is 20.4. The summed E-state index contributed by atoms with van der Waals surface area (Å²) >= 11 is 12.2. The lowest BCUT2D eigenvalue weighted by molar-refractivity contribution is -0.139. The van der Waals surface area contributed by atoms with Crippen molar-refractivity contribution in [3.63, 3.8) is 0 Å². The normalized spacial score (nSPS) is 19.0. The average Bonchev–Trinajstić information content (AvgIpc) is 3.26. The fourth-order valence-electron chi connectivity index (χ4n) is 3.54. The van der Waals surface area contributed by atoms with E-state index in [0.29, 0.717) is 21.4 Å². The highest BCUT2D eigenvalue weighted by Crippen LogP contribution is 2.34. The number of benzene rings is 2. The zero-order valence-corrected chi connectivity index (χ0v) is 17.2. The Labute approximate surface area is 182 Å². The molecular formula is C21H16Cl2N2O5. The van der Waals surface area contributed by atoms with Crippen LogP contribution < -0.4 is 14.5 Å². The molecule has 2 saturated heterocycles. The van der Waals surface area contributed by atoms with Gasteiger partial charge in [-0.25, -0.2) is 0 Å². The summed E-state index contributed by atoms with van der Waals surface area (Å²) in [6, 6.07) is 11.0. The Bertz CT molecular complexity index is 1060. The van der Waals surface area contributed by atoms with E-state index in [0.717, 1.165) is 4.90 Å². The molecule has 2 heterocycles. The number of nitrogens with zero attached hydrogens (tertiary/aromatic N) is 2. The first-order valence-electron chi connectivity index (χ1n) is 9.26. The van der Waals surface area contributed by atoms with Gasteiger partial charge in [-0.1, -0.05) is 29.3 Å². The lowest BCUT2D eigenvalue weighted by Crippen LogP contribution is -2.29. The first-order valence-corrected chi connectivity index (χ1v) is 10.0. The molecular weight excluding hydrogens is 431 g/mol. The smallest absolute Gasteiger partial charge is 0.316 e. The van der Waals surface area contributed by atoms with Crippen molar-refractivity contribution < 1.29 is 23.9 Å². The third-order valence-corrected chi connectivity index (χ3v) is 5.56. The van der Waals surface area contributed by atoms with Crippen LogP contribution in [0.25, 0.3) is 0 Å². The number of hydrogen-bond acceptors (Lipinski definition) is 5. The molecule has 0 bridgehead atoms. The molecule has 0 aliphatic carbocycles. The van der Waals surface area contributed by atoms with Crippen LogP contribution in [0.3, 0.4) is 0 Å². The molecule has 3 amide bonds. The van der Waals surface area contributed by atoms with Crippen molar-refractivity contribution in [2.75, 3.05) is 16.3 Å². The van der Waals surface area contributed by atoms with Crippen LogP contribution in [0.15, 0.2) is 42.5 Å². The van der Waals surface area contributed by atoms with E-state index >= 15 is 0 Å². The molecule has 2 aromatic carbocycles. The third kappa shape index (κ3) is 3.91. The van der Waals surface area contributed by atoms with Crippen molar-refractivity contribution in [2.24, 2.45) is 5.92 Å². The summed E-state index contributed by atoms with van der Waals surface area (Å²) in [5.41, 5.74) is 0.792. The maximum absolute atomic E-state index is 12.6. The van der Waals surface area contributed by atoms with Gasteiger partial charge < -0.3 is 9.64 Å². The first-order chi connectivity index (χ1) is 14.3. The molecule has 2 aliphatic rings. The van der Waals surface area contributed by atoms with Gasteiger partial charge in [0.15, 0.2) is 0 Å². The molecule has 1 atom stereocenters. The van der Waals surface area contributed by atoms with E-state index in [4.69, 9.17) is 27.9 Å². The standard InChI is InChI=1S/C21H16Cl2N2O5/c22-13-4-5-16(23)17(9-13)24-11-12(8-20(24)28)21(29)30-15-3-1-2-14(10-15)25-18(26)6-7-19(25)27/h1-5,9-10,12H,6-8,11H2/t12-/m0/s1. The number of carbonyl (C=O) groups excluding carboxylic acids is 4. The van der Waals surface area contributed by atoms with E-state index in [2.05, 4.69) is 0 Å². The second kappa shape index (κ2) is 8.08. The van der Waals surface area contributed by atoms with E-state index in [9.17, 15) is 19.2 Å². The summed E-state index contributed by atoms with van der Waals surface area (Å²) in [6.07, 6.45) is 0.300. The summed E-state index contributed by atoms with van der Waals surface area (Å²) in [4.78, 5) is 51.4. The molecule has 0 N–H and O–H groups in total. The van der Waals surface area contributed by atoms with Crippen molar-refractivity contribution in [2.45, 2.75) is 19.3 Å². The summed E-state index contributed by atoms with van der Waals surface area (Å²) < 4.78 is 5.43. The van der Waals surface area contributed by atoms with Gasteiger partial charge in [0.25, 0.3) is 0 Å². The Hall–Kier alpha value is -2.90. The summed E-state index contributed by atoms with van der Waals surface area (Å²) in [5.74, 6) is -1.93. The van der Waals surface area contributed by atoms with E-state index in [-0.39, 0.29) is 49.3 Å². The molecule has 0 radical (unpaired) electrons. The van der Waals surface area contributed by atoms with Crippen molar-refractivity contribution in [1.82, 2.24) is 0 Å². The van der Waals surface area contributed by atoms with Crippen molar-refractivity contribution >= 4 is 58.3 Å². The molecule has 7 nitrogen and oxygen atoms in total. The Morgan fingerprint density at radius 1 is 0.967 bits per heavy atom. The lowest BCUT2D eigenvalue weighted by atomic mass is 10.1. The van der Waals surface area contributed by atoms with E-state index in [1.165, 1.54) is 11.0 Å². The number of carbonyl (C=O) groups is 4. The van der Waals surface area contributed by atoms with Crippen LogP contribution in [0.4, 0.5) is 11.4 Å². The SMILES string of the molecule is O=C(Oc1cccc(N2C(=O)CCC2=O)c1)[C@H]1CC(=O)N(c2cc(Cl)ccc2Cl)C1. The van der Waals surface area contributed by atoms with Crippen LogP contribution in [-0.2, 0) is 19.2 Å². The second-order valence-electron chi connectivity index (χ2n) is 7.04. The highest BCUT2D eigenvalue weighted by molar-refractivity contribution is 6.36. The van der Waals surface area contributed by atoms with Crippen LogP contribution in [0.5, 0.6) is 5.75 Å². The van der Waals surface area contributed by atoms with Crippen LogP contribution in [0, 0.1) is 5.92 Å². The molecule has 0 saturated carbocycles. The van der Waals surface area contributed by atoms with Gasteiger partial charge in [-0.15, -0.1) is 0 Å². The Morgan fingerprint density at radius 2 is 1.70 bits per heavy atom. The summed E-state index contributed by atoms with van der Waals surface area (Å²) in [5, 5.41) is 0.783. The van der Waals surface area contributed by atoms with Gasteiger partial charge >= 0.3 is 5.97 Å². The second-order valence-corrected chi connectivity index (χ2v) is 7.89. The van der Waals surface area contributed by atoms with E-state index < -0.39 is 11.9 Å². The molecule has 2 fully saturated rings. The Balaban J connectivity index is 1.48. The topological polar surface area (TPSA) is 84.0 Å². The molecule has 9 heteroatoms. The van der Waals surface area contributed by atoms with Gasteiger partial charge in [0, 0.05) is 36.9 Å². The molecule has 0 unspecified atom stereocenters. The molecule has 2 aliphatic heterocycles. The highest BCUT2D eigenvalue weighted by atomic mass is 35.5. The van der Waals surface area contributed by atoms with Crippen LogP contribution in [0.2, 0.25) is 10.0 Å². The number of anilines is 2. The Kier molecular flexibility index (Phi) is 5.49. The molecule has 2 aromatic rings. The number of halogens is 2. The summed E-state index contributed by atoms with van der Waals surface area (Å²) in [6.45, 7) is 0.112. The van der Waals surface area contributed by atoms with Crippen LogP contribution >= 0.6 is 23.2 Å². The molecule has 4 rings (SSSR count). The quantitative estimate of drug-likeness (QED) is 0.406. The number of hydrogen-bond donors (Lipinski definition) is 0. The minimum atomic E-state index is -0.689. The van der Waals surface area contributed by atoms with E-state index in [1.807, 2.05) is 0 Å². The van der Waals surface area contributed by atoms with Gasteiger partial charge in [0.2, 0.25) is 17.7 Å². The fourth-order valence-corrected chi connectivity index (χ4v) is 3.93. The summed E-state index contributed by atoms with van der Waals surface area (Å²) in [7, 11) is 0.